The quantitative estimate of drug-likeness (QED) is 0.176. The van der Waals surface area contributed by atoms with E-state index in [4.69, 9.17) is 5.73 Å². The van der Waals surface area contributed by atoms with Crippen LogP contribution >= 0.6 is 12.2 Å². The molecule has 0 rings (SSSR count). The maximum absolute atomic E-state index is 4.79. The van der Waals surface area contributed by atoms with Crippen molar-refractivity contribution in [2.45, 2.75) is 0 Å². The smallest absolute Gasteiger partial charge is 0.177 e. The molecule has 3 nitrogen and oxygen atoms in total. The molecule has 6 heavy (non-hydrogen) atoms. The summed E-state index contributed by atoms with van der Waals surface area (Å²) in [6.45, 7) is 0. The van der Waals surface area contributed by atoms with Gasteiger partial charge in [-0.3, -0.25) is 0 Å². The average Bonchev–Trinajstić information content (AvgIpc) is 1.38. The van der Waals surface area contributed by atoms with Gasteiger partial charge in [-0.15, -0.1) is 0 Å². The van der Waals surface area contributed by atoms with Gasteiger partial charge in [-0.2, -0.15) is 0 Å². The van der Waals surface area contributed by atoms with Gasteiger partial charge in [0.05, 0.1) is 0 Å². The summed E-state index contributed by atoms with van der Waals surface area (Å²) in [5.41, 5.74) is 6.82. The van der Waals surface area contributed by atoms with Gasteiger partial charge in [0.1, 0.15) is 0 Å². The maximum Gasteiger partial charge on any atom is 0.177 e. The van der Waals surface area contributed by atoms with Crippen molar-refractivity contribution in [3.05, 3.63) is 0 Å². The van der Waals surface area contributed by atoms with Gasteiger partial charge in [0.15, 0.2) is 5.11 Å². The van der Waals surface area contributed by atoms with E-state index in [-0.39, 0.29) is 24.6 Å². The molecule has 0 saturated carbocycles. The zero-order valence-electron chi connectivity index (χ0n) is 3.27. The fourth-order valence-electron chi connectivity index (χ4n) is 0. The van der Waals surface area contributed by atoms with Crippen molar-refractivity contribution in [2.75, 3.05) is 0 Å². The van der Waals surface area contributed by atoms with E-state index in [1.165, 1.54) is 0 Å². The van der Waals surface area contributed by atoms with Crippen LogP contribution in [0.1, 0.15) is 0 Å². The van der Waals surface area contributed by atoms with Crippen molar-refractivity contribution in [3.63, 3.8) is 0 Å². The van der Waals surface area contributed by atoms with Crippen molar-refractivity contribution in [3.8, 4) is 0 Å². The van der Waals surface area contributed by atoms with Crippen LogP contribution in [-0.4, -0.2) is 5.11 Å². The molecule has 0 heterocycles. The molecule has 5 N–H and O–H groups in total. The van der Waals surface area contributed by atoms with Crippen molar-refractivity contribution in [1.82, 2.24) is 5.43 Å². The molecule has 0 unspecified atom stereocenters. The number of rotatable bonds is 0. The molecule has 0 fully saturated rings. The minimum Gasteiger partial charge on any atom is -0.375 e. The first-order valence-corrected chi connectivity index (χ1v) is 1.44. The van der Waals surface area contributed by atoms with E-state index in [9.17, 15) is 0 Å². The normalized spacial score (nSPS) is 5.50. The number of nitrogens with one attached hydrogen (secondary N) is 1. The van der Waals surface area contributed by atoms with Crippen LogP contribution in [0.15, 0.2) is 0 Å². The Bertz CT molecular complexity index is 46.1. The number of thiocarbonyl (C=S) groups is 1. The van der Waals surface area contributed by atoms with Crippen molar-refractivity contribution in [1.29, 1.82) is 0 Å². The van der Waals surface area contributed by atoms with E-state index in [1.807, 2.05) is 5.43 Å². The zero-order valence-corrected chi connectivity index (χ0v) is 7.05. The van der Waals surface area contributed by atoms with Gasteiger partial charge in [-0.1, -0.05) is 0 Å². The predicted octanol–water partition coefficient (Wildman–Crippen LogP) is -1.31. The van der Waals surface area contributed by atoms with Gasteiger partial charge in [0, 0.05) is 19.5 Å². The third-order valence-corrected chi connectivity index (χ3v) is 0.260. The summed E-state index contributed by atoms with van der Waals surface area (Å²) < 4.78 is 0. The summed E-state index contributed by atoms with van der Waals surface area (Å²) >= 11 is 4.24. The van der Waals surface area contributed by atoms with Gasteiger partial charge < -0.3 is 11.2 Å². The molecule has 0 aromatic heterocycles. The molecule has 0 saturated heterocycles. The molecule has 0 aliphatic heterocycles. The molecule has 32 valence electrons. The van der Waals surface area contributed by atoms with Crippen LogP contribution in [0, 0.1) is 0 Å². The SMILES string of the molecule is NNC(N)=S.[Zn]. The Morgan fingerprint density at radius 2 is 1.83 bits per heavy atom. The first-order chi connectivity index (χ1) is 2.27. The molecule has 0 aromatic rings. The first-order valence-electron chi connectivity index (χ1n) is 1.03. The van der Waals surface area contributed by atoms with Gasteiger partial charge in [0.25, 0.3) is 0 Å². The Kier molecular flexibility index (Phi) is 8.40. The average molecular weight is 157 g/mol. The van der Waals surface area contributed by atoms with Gasteiger partial charge in [0.2, 0.25) is 0 Å². The summed E-state index contributed by atoms with van der Waals surface area (Å²) in [6.07, 6.45) is 0. The number of hydrogen-bond acceptors (Lipinski definition) is 2. The van der Waals surface area contributed by atoms with Crippen LogP contribution < -0.4 is 17.0 Å². The monoisotopic (exact) mass is 155 g/mol. The van der Waals surface area contributed by atoms with Crippen LogP contribution in [-0.2, 0) is 19.5 Å². The van der Waals surface area contributed by atoms with Crippen molar-refractivity contribution in [2.24, 2.45) is 11.6 Å². The number of hydrogen-bond donors (Lipinski definition) is 3. The second-order valence-electron chi connectivity index (χ2n) is 0.509. The van der Waals surface area contributed by atoms with Crippen LogP contribution in [0.5, 0.6) is 0 Å². The molecule has 0 aliphatic carbocycles. The standard InChI is InChI=1S/CH5N3S.Zn/c2-1(5)4-3;/h3H2,(H3,2,4,5);. The summed E-state index contributed by atoms with van der Waals surface area (Å²) in [5, 5.41) is 0.116. The molecule has 0 spiro atoms. The molecule has 0 radical (unpaired) electrons. The molecular formula is CH5N3SZn. The Morgan fingerprint density at radius 1 is 1.67 bits per heavy atom. The molecule has 0 aromatic carbocycles. The molecular weight excluding hydrogens is 151 g/mol. The van der Waals surface area contributed by atoms with Gasteiger partial charge >= 0.3 is 0 Å². The van der Waals surface area contributed by atoms with Gasteiger partial charge in [-0.25, -0.2) is 5.84 Å². The van der Waals surface area contributed by atoms with Crippen LogP contribution in [0.2, 0.25) is 0 Å². The van der Waals surface area contributed by atoms with E-state index in [1.54, 1.807) is 0 Å². The van der Waals surface area contributed by atoms with Crippen LogP contribution in [0.25, 0.3) is 0 Å². The minimum absolute atomic E-state index is 0. The third-order valence-electron chi connectivity index (χ3n) is 0.142. The molecule has 5 heteroatoms. The van der Waals surface area contributed by atoms with Crippen molar-refractivity contribution < 1.29 is 19.5 Å². The molecule has 0 bridgehead atoms. The van der Waals surface area contributed by atoms with E-state index >= 15 is 0 Å². The predicted molar refractivity (Wildman–Crippen MR) is 24.1 cm³/mol. The summed E-state index contributed by atoms with van der Waals surface area (Å²) in [5.74, 6) is 4.66. The Morgan fingerprint density at radius 3 is 1.83 bits per heavy atom. The van der Waals surface area contributed by atoms with E-state index in [0.717, 1.165) is 0 Å². The first kappa shape index (κ1) is 9.55. The summed E-state index contributed by atoms with van der Waals surface area (Å²) in [7, 11) is 0. The van der Waals surface area contributed by atoms with E-state index in [2.05, 4.69) is 18.1 Å². The summed E-state index contributed by atoms with van der Waals surface area (Å²) in [4.78, 5) is 0. The number of nitrogens with two attached hydrogens (primary N) is 2. The molecule has 0 amide bonds. The largest absolute Gasteiger partial charge is 0.375 e. The second kappa shape index (κ2) is 5.27. The summed E-state index contributed by atoms with van der Waals surface area (Å²) in [6, 6.07) is 0. The van der Waals surface area contributed by atoms with Crippen molar-refractivity contribution >= 4 is 17.3 Å². The molecule has 0 aliphatic rings. The fourth-order valence-corrected chi connectivity index (χ4v) is 0. The van der Waals surface area contributed by atoms with E-state index < -0.39 is 0 Å². The van der Waals surface area contributed by atoms with Crippen LogP contribution in [0.3, 0.4) is 0 Å². The number of hydrazine groups is 1. The Labute approximate surface area is 54.2 Å². The minimum atomic E-state index is 0. The topological polar surface area (TPSA) is 64.1 Å². The Balaban J connectivity index is 0. The third kappa shape index (κ3) is 8.86. The second-order valence-corrected chi connectivity index (χ2v) is 0.948. The van der Waals surface area contributed by atoms with E-state index in [0.29, 0.717) is 0 Å². The zero-order chi connectivity index (χ0) is 4.28. The Hall–Kier alpha value is 0.273. The fraction of sp³-hybridized carbons (Fsp3) is 0. The molecule has 0 atom stereocenters. The van der Waals surface area contributed by atoms with Gasteiger partial charge in [-0.05, 0) is 12.2 Å². The maximum atomic E-state index is 4.79. The van der Waals surface area contributed by atoms with Crippen LogP contribution in [0.4, 0.5) is 0 Å².